The van der Waals surface area contributed by atoms with E-state index in [1.165, 1.54) is 11.1 Å². The monoisotopic (exact) mass is 540 g/mol. The molecule has 0 saturated heterocycles. The molecule has 40 heavy (non-hydrogen) atoms. The Kier molecular flexibility index (Phi) is 13.0. The van der Waals surface area contributed by atoms with Gasteiger partial charge in [0.05, 0.1) is 11.4 Å². The smallest absolute Gasteiger partial charge is 0.127 e. The highest BCUT2D eigenvalue weighted by atomic mass is 16.3. The number of phenols is 2. The van der Waals surface area contributed by atoms with Crippen LogP contribution in [0.5, 0.6) is 11.5 Å². The molecule has 2 N–H and O–H groups in total. The molecular weight excluding hydrogens is 492 g/mol. The second kappa shape index (κ2) is 16.6. The Morgan fingerprint density at radius 1 is 0.550 bits per heavy atom. The molecule has 0 aliphatic carbocycles. The van der Waals surface area contributed by atoms with Crippen molar-refractivity contribution in [1.29, 1.82) is 0 Å². The third-order valence-corrected chi connectivity index (χ3v) is 7.36. The van der Waals surface area contributed by atoms with Crippen molar-refractivity contribution in [3.05, 3.63) is 81.9 Å². The summed E-state index contributed by atoms with van der Waals surface area (Å²) in [6.45, 7) is 8.74. The van der Waals surface area contributed by atoms with Gasteiger partial charge in [-0.15, -0.1) is 0 Å². The molecule has 0 aromatic heterocycles. The normalized spacial score (nSPS) is 11.7. The van der Waals surface area contributed by atoms with Crippen molar-refractivity contribution < 1.29 is 10.2 Å². The molecule has 0 bridgehead atoms. The highest BCUT2D eigenvalue weighted by Gasteiger charge is 2.11. The number of para-hydroxylation sites is 2. The van der Waals surface area contributed by atoms with Crippen LogP contribution in [0.25, 0.3) is 0 Å². The lowest BCUT2D eigenvalue weighted by Gasteiger charge is -2.11. The lowest BCUT2D eigenvalue weighted by Crippen LogP contribution is -1.96. The quantitative estimate of drug-likeness (QED) is 0.178. The maximum Gasteiger partial charge on any atom is 0.127 e. The van der Waals surface area contributed by atoms with E-state index in [1.807, 2.05) is 24.3 Å². The van der Waals surface area contributed by atoms with Gasteiger partial charge < -0.3 is 10.2 Å². The summed E-state index contributed by atoms with van der Waals surface area (Å²) in [7, 11) is 0. The van der Waals surface area contributed by atoms with Crippen LogP contribution in [0.4, 0.5) is 11.4 Å². The molecule has 4 nitrogen and oxygen atoms in total. The molecule has 3 aromatic carbocycles. The minimum absolute atomic E-state index is 0.326. The van der Waals surface area contributed by atoms with Crippen molar-refractivity contribution in [2.24, 2.45) is 9.98 Å². The fraction of sp³-hybridized carbons (Fsp3) is 0.444. The van der Waals surface area contributed by atoms with Gasteiger partial charge in [-0.3, -0.25) is 9.98 Å². The average Bonchev–Trinajstić information content (AvgIpc) is 2.97. The zero-order valence-corrected chi connectivity index (χ0v) is 25.0. The van der Waals surface area contributed by atoms with Gasteiger partial charge in [0.1, 0.15) is 11.5 Å². The second-order valence-corrected chi connectivity index (χ2v) is 10.8. The molecule has 0 aliphatic heterocycles. The standard InChI is InChI=1S/C36H48N2O2/c1-5-9-15-27-21-29(17-11-7-3)35(39)31(23-27)25-37-33-19-13-14-20-34(33)38-26-32-24-28(16-10-6-2)22-30(36(32)40)18-12-8-4/h13-14,19-26,39-40H,5-12,15-18H2,1-4H3. The Balaban J connectivity index is 1.93. The number of hydrogen-bond acceptors (Lipinski definition) is 4. The number of aryl methyl sites for hydroxylation is 4. The van der Waals surface area contributed by atoms with E-state index in [0.717, 1.165) is 111 Å². The van der Waals surface area contributed by atoms with Gasteiger partial charge in [-0.1, -0.05) is 77.6 Å². The van der Waals surface area contributed by atoms with Gasteiger partial charge in [0.25, 0.3) is 0 Å². The minimum Gasteiger partial charge on any atom is -0.507 e. The van der Waals surface area contributed by atoms with Crippen molar-refractivity contribution in [2.45, 2.75) is 105 Å². The lowest BCUT2D eigenvalue weighted by atomic mass is 9.97. The third-order valence-electron chi connectivity index (χ3n) is 7.36. The van der Waals surface area contributed by atoms with E-state index in [2.05, 4.69) is 52.0 Å². The molecule has 3 aromatic rings. The number of hydrogen-bond donors (Lipinski definition) is 2. The Bertz CT molecular complexity index is 1180. The van der Waals surface area contributed by atoms with Crippen LogP contribution in [0.2, 0.25) is 0 Å². The van der Waals surface area contributed by atoms with Crippen molar-refractivity contribution >= 4 is 23.8 Å². The number of benzene rings is 3. The number of rotatable bonds is 16. The van der Waals surface area contributed by atoms with E-state index in [0.29, 0.717) is 11.5 Å². The predicted molar refractivity (Wildman–Crippen MR) is 172 cm³/mol. The maximum absolute atomic E-state index is 11.0. The molecule has 0 heterocycles. The van der Waals surface area contributed by atoms with Crippen LogP contribution in [-0.4, -0.2) is 22.6 Å². The molecule has 0 spiro atoms. The highest BCUT2D eigenvalue weighted by molar-refractivity contribution is 5.90. The molecule has 0 aliphatic rings. The molecule has 3 rings (SSSR count). The summed E-state index contributed by atoms with van der Waals surface area (Å²) in [5, 5.41) is 22.0. The van der Waals surface area contributed by atoms with Gasteiger partial charge in [0.2, 0.25) is 0 Å². The van der Waals surface area contributed by atoms with Crippen LogP contribution >= 0.6 is 0 Å². The first-order valence-corrected chi connectivity index (χ1v) is 15.4. The van der Waals surface area contributed by atoms with E-state index in [9.17, 15) is 10.2 Å². The number of aliphatic imine (C=N–C) groups is 2. The molecule has 214 valence electrons. The lowest BCUT2D eigenvalue weighted by molar-refractivity contribution is 0.465. The van der Waals surface area contributed by atoms with Gasteiger partial charge in [-0.25, -0.2) is 0 Å². The van der Waals surface area contributed by atoms with Gasteiger partial charge in [0, 0.05) is 23.6 Å². The van der Waals surface area contributed by atoms with Gasteiger partial charge >= 0.3 is 0 Å². The summed E-state index contributed by atoms with van der Waals surface area (Å²) in [5.41, 5.74) is 7.44. The Labute approximate surface area is 241 Å². The summed E-state index contributed by atoms with van der Waals surface area (Å²) in [6, 6.07) is 16.2. The Hall–Kier alpha value is -3.40. The van der Waals surface area contributed by atoms with Crippen LogP contribution < -0.4 is 0 Å². The molecule has 0 amide bonds. The molecular formula is C36H48N2O2. The first-order chi connectivity index (χ1) is 19.5. The molecule has 0 fully saturated rings. The van der Waals surface area contributed by atoms with Gasteiger partial charge in [-0.2, -0.15) is 0 Å². The zero-order valence-electron chi connectivity index (χ0n) is 25.0. The van der Waals surface area contributed by atoms with Gasteiger partial charge in [-0.05, 0) is 97.9 Å². The third kappa shape index (κ3) is 9.08. The average molecular weight is 541 g/mol. The number of phenolic OH excluding ortho intramolecular Hbond substituents is 2. The summed E-state index contributed by atoms with van der Waals surface area (Å²) < 4.78 is 0. The van der Waals surface area contributed by atoms with Gasteiger partial charge in [0.15, 0.2) is 0 Å². The van der Waals surface area contributed by atoms with E-state index >= 15 is 0 Å². The van der Waals surface area contributed by atoms with Crippen LogP contribution in [-0.2, 0) is 25.7 Å². The molecule has 0 unspecified atom stereocenters. The van der Waals surface area contributed by atoms with Crippen LogP contribution in [0.1, 0.15) is 112 Å². The first kappa shape index (κ1) is 31.1. The largest absolute Gasteiger partial charge is 0.507 e. The van der Waals surface area contributed by atoms with Crippen LogP contribution in [0.15, 0.2) is 58.5 Å². The Morgan fingerprint density at radius 3 is 1.30 bits per heavy atom. The van der Waals surface area contributed by atoms with Crippen LogP contribution in [0.3, 0.4) is 0 Å². The number of unbranched alkanes of at least 4 members (excludes halogenated alkanes) is 4. The second-order valence-electron chi connectivity index (χ2n) is 10.8. The fourth-order valence-corrected chi connectivity index (χ4v) is 4.90. The predicted octanol–water partition coefficient (Wildman–Crippen LogP) is 9.97. The van der Waals surface area contributed by atoms with Crippen molar-refractivity contribution in [3.63, 3.8) is 0 Å². The van der Waals surface area contributed by atoms with Crippen LogP contribution in [0, 0.1) is 0 Å². The molecule has 0 atom stereocenters. The van der Waals surface area contributed by atoms with E-state index in [-0.39, 0.29) is 0 Å². The minimum atomic E-state index is 0.326. The fourth-order valence-electron chi connectivity index (χ4n) is 4.90. The molecule has 0 saturated carbocycles. The van der Waals surface area contributed by atoms with Crippen molar-refractivity contribution in [1.82, 2.24) is 0 Å². The summed E-state index contributed by atoms with van der Waals surface area (Å²) in [6.07, 6.45) is 16.0. The summed E-state index contributed by atoms with van der Waals surface area (Å²) >= 11 is 0. The number of aromatic hydroxyl groups is 2. The molecule has 4 heteroatoms. The highest BCUT2D eigenvalue weighted by Crippen LogP contribution is 2.31. The SMILES string of the molecule is CCCCc1cc(C=Nc2ccccc2N=Cc2cc(CCCC)cc(CCCC)c2O)c(O)c(CCCC)c1. The van der Waals surface area contributed by atoms with E-state index in [4.69, 9.17) is 9.98 Å². The van der Waals surface area contributed by atoms with E-state index in [1.54, 1.807) is 12.4 Å². The van der Waals surface area contributed by atoms with Crippen molar-refractivity contribution in [2.75, 3.05) is 0 Å². The first-order valence-electron chi connectivity index (χ1n) is 15.4. The topological polar surface area (TPSA) is 65.2 Å². The number of nitrogens with zero attached hydrogens (tertiary/aromatic N) is 2. The zero-order chi connectivity index (χ0) is 28.7. The molecule has 0 radical (unpaired) electrons. The Morgan fingerprint density at radius 2 is 0.925 bits per heavy atom. The maximum atomic E-state index is 11.0. The summed E-state index contributed by atoms with van der Waals surface area (Å²) in [4.78, 5) is 9.54. The summed E-state index contributed by atoms with van der Waals surface area (Å²) in [5.74, 6) is 0.652. The van der Waals surface area contributed by atoms with Crippen molar-refractivity contribution in [3.8, 4) is 11.5 Å². The van der Waals surface area contributed by atoms with E-state index < -0.39 is 0 Å².